The van der Waals surface area contributed by atoms with Gasteiger partial charge in [0, 0.05) is 18.2 Å². The third-order valence-corrected chi connectivity index (χ3v) is 5.11. The number of ether oxygens (including phenoxy) is 1. The van der Waals surface area contributed by atoms with E-state index in [4.69, 9.17) is 4.74 Å². The Hall–Kier alpha value is -2.33. The summed E-state index contributed by atoms with van der Waals surface area (Å²) in [6, 6.07) is 16.0. The minimum absolute atomic E-state index is 0.105. The number of anilines is 1. The lowest BCUT2D eigenvalue weighted by atomic mass is 9.95. The van der Waals surface area contributed by atoms with Gasteiger partial charge in [-0.1, -0.05) is 38.1 Å². The molecule has 0 aliphatic carbocycles. The second-order valence-electron chi connectivity index (χ2n) is 7.77. The van der Waals surface area contributed by atoms with Crippen LogP contribution in [0.4, 0.5) is 5.69 Å². The van der Waals surface area contributed by atoms with Gasteiger partial charge in [-0.2, -0.15) is 0 Å². The van der Waals surface area contributed by atoms with E-state index in [9.17, 15) is 4.79 Å². The fourth-order valence-corrected chi connectivity index (χ4v) is 3.72. The lowest BCUT2D eigenvalue weighted by Gasteiger charge is -2.32. The first-order valence-electron chi connectivity index (χ1n) is 9.83. The van der Waals surface area contributed by atoms with Gasteiger partial charge >= 0.3 is 0 Å². The number of nitrogens with one attached hydrogen (secondary N) is 1. The molecule has 144 valence electrons. The number of carbonyl (C=O) groups excluding carboxylic acids is 1. The highest BCUT2D eigenvalue weighted by atomic mass is 16.5. The van der Waals surface area contributed by atoms with Crippen LogP contribution in [-0.4, -0.2) is 37.6 Å². The average Bonchev–Trinajstić information content (AvgIpc) is 2.68. The van der Waals surface area contributed by atoms with E-state index in [0.29, 0.717) is 5.92 Å². The number of amides is 1. The maximum absolute atomic E-state index is 12.7. The summed E-state index contributed by atoms with van der Waals surface area (Å²) in [5.41, 5.74) is 3.00. The Morgan fingerprint density at radius 1 is 1.11 bits per heavy atom. The van der Waals surface area contributed by atoms with Crippen molar-refractivity contribution in [3.05, 3.63) is 48.5 Å². The molecule has 2 aromatic rings. The van der Waals surface area contributed by atoms with Crippen LogP contribution in [0.5, 0.6) is 5.75 Å². The normalized spacial score (nSPS) is 15.7. The zero-order chi connectivity index (χ0) is 19.2. The van der Waals surface area contributed by atoms with Gasteiger partial charge in [-0.3, -0.25) is 4.79 Å². The molecule has 4 heteroatoms. The molecule has 1 N–H and O–H groups in total. The third kappa shape index (κ3) is 5.33. The van der Waals surface area contributed by atoms with E-state index in [-0.39, 0.29) is 11.8 Å². The molecule has 1 amide bonds. The standard InChI is InChI=1S/C23H30N2O2/c1-17(2)16-25-12-10-18(11-13-25)23(26)24-21-8-4-6-19(14-21)20-7-5-9-22(15-20)27-3/h4-9,14-15,17-18H,10-13,16H2,1-3H3,(H,24,26). The molecule has 3 rings (SSSR count). The summed E-state index contributed by atoms with van der Waals surface area (Å²) >= 11 is 0. The number of benzene rings is 2. The van der Waals surface area contributed by atoms with Gasteiger partial charge in [0.05, 0.1) is 7.11 Å². The van der Waals surface area contributed by atoms with Crippen LogP contribution in [0.15, 0.2) is 48.5 Å². The predicted octanol–water partition coefficient (Wildman–Crippen LogP) is 4.67. The molecule has 1 aliphatic rings. The number of rotatable bonds is 6. The first-order valence-corrected chi connectivity index (χ1v) is 9.83. The Morgan fingerprint density at radius 2 is 1.78 bits per heavy atom. The molecular formula is C23H30N2O2. The van der Waals surface area contributed by atoms with Crippen LogP contribution in [0.25, 0.3) is 11.1 Å². The number of hydrogen-bond acceptors (Lipinski definition) is 3. The van der Waals surface area contributed by atoms with Gasteiger partial charge in [-0.05, 0) is 67.2 Å². The smallest absolute Gasteiger partial charge is 0.227 e. The second-order valence-corrected chi connectivity index (χ2v) is 7.77. The number of likely N-dealkylation sites (tertiary alicyclic amines) is 1. The summed E-state index contributed by atoms with van der Waals surface area (Å²) in [6.45, 7) is 7.64. The van der Waals surface area contributed by atoms with Crippen LogP contribution in [0.3, 0.4) is 0 Å². The average molecular weight is 367 g/mol. The van der Waals surface area contributed by atoms with Crippen molar-refractivity contribution in [2.45, 2.75) is 26.7 Å². The highest BCUT2D eigenvalue weighted by molar-refractivity contribution is 5.93. The predicted molar refractivity (Wildman–Crippen MR) is 111 cm³/mol. The van der Waals surface area contributed by atoms with Crippen molar-refractivity contribution in [3.8, 4) is 16.9 Å². The van der Waals surface area contributed by atoms with E-state index in [1.165, 1.54) is 0 Å². The summed E-state index contributed by atoms with van der Waals surface area (Å²) in [7, 11) is 1.67. The zero-order valence-corrected chi connectivity index (χ0v) is 16.6. The van der Waals surface area contributed by atoms with Crippen LogP contribution in [0, 0.1) is 11.8 Å². The monoisotopic (exact) mass is 366 g/mol. The number of nitrogens with zero attached hydrogens (tertiary/aromatic N) is 1. The molecule has 4 nitrogen and oxygen atoms in total. The van der Waals surface area contributed by atoms with E-state index < -0.39 is 0 Å². The van der Waals surface area contributed by atoms with E-state index in [1.807, 2.05) is 42.5 Å². The van der Waals surface area contributed by atoms with Crippen LogP contribution >= 0.6 is 0 Å². The third-order valence-electron chi connectivity index (χ3n) is 5.11. The molecule has 1 aliphatic heterocycles. The fraction of sp³-hybridized carbons (Fsp3) is 0.435. The largest absolute Gasteiger partial charge is 0.497 e. The van der Waals surface area contributed by atoms with Crippen LogP contribution in [-0.2, 0) is 4.79 Å². The molecule has 0 atom stereocenters. The quantitative estimate of drug-likeness (QED) is 0.808. The molecule has 1 fully saturated rings. The van der Waals surface area contributed by atoms with Crippen molar-refractivity contribution in [1.29, 1.82) is 0 Å². The van der Waals surface area contributed by atoms with E-state index in [0.717, 1.165) is 55.0 Å². The molecule has 0 saturated carbocycles. The molecule has 0 spiro atoms. The summed E-state index contributed by atoms with van der Waals surface area (Å²) in [6.07, 6.45) is 1.88. The van der Waals surface area contributed by atoms with Crippen molar-refractivity contribution >= 4 is 11.6 Å². The van der Waals surface area contributed by atoms with Gasteiger partial charge in [0.2, 0.25) is 5.91 Å². The minimum atomic E-state index is 0.105. The van der Waals surface area contributed by atoms with Gasteiger partial charge < -0.3 is 15.0 Å². The zero-order valence-electron chi connectivity index (χ0n) is 16.6. The van der Waals surface area contributed by atoms with Crippen molar-refractivity contribution < 1.29 is 9.53 Å². The van der Waals surface area contributed by atoms with Crippen LogP contribution in [0.2, 0.25) is 0 Å². The van der Waals surface area contributed by atoms with E-state index in [1.54, 1.807) is 7.11 Å². The maximum Gasteiger partial charge on any atom is 0.227 e. The first-order chi connectivity index (χ1) is 13.0. The van der Waals surface area contributed by atoms with Crippen molar-refractivity contribution in [3.63, 3.8) is 0 Å². The lowest BCUT2D eigenvalue weighted by Crippen LogP contribution is -2.39. The van der Waals surface area contributed by atoms with Gasteiger partial charge in [-0.15, -0.1) is 0 Å². The summed E-state index contributed by atoms with van der Waals surface area (Å²) in [4.78, 5) is 15.2. The highest BCUT2D eigenvalue weighted by Gasteiger charge is 2.25. The van der Waals surface area contributed by atoms with E-state index >= 15 is 0 Å². The van der Waals surface area contributed by atoms with Crippen LogP contribution in [0.1, 0.15) is 26.7 Å². The molecule has 0 bridgehead atoms. The Kier molecular flexibility index (Phi) is 6.51. The number of methoxy groups -OCH3 is 1. The summed E-state index contributed by atoms with van der Waals surface area (Å²) in [5, 5.41) is 3.12. The van der Waals surface area contributed by atoms with Gasteiger partial charge in [0.1, 0.15) is 5.75 Å². The summed E-state index contributed by atoms with van der Waals surface area (Å²) in [5.74, 6) is 1.75. The molecule has 1 saturated heterocycles. The van der Waals surface area contributed by atoms with Gasteiger partial charge in [0.15, 0.2) is 0 Å². The molecule has 0 radical (unpaired) electrons. The second kappa shape index (κ2) is 9.05. The van der Waals surface area contributed by atoms with Gasteiger partial charge in [0.25, 0.3) is 0 Å². The SMILES string of the molecule is COc1cccc(-c2cccc(NC(=O)C3CCN(CC(C)C)CC3)c2)c1. The fourth-order valence-electron chi connectivity index (χ4n) is 3.72. The Balaban J connectivity index is 1.62. The molecular weight excluding hydrogens is 336 g/mol. The first kappa shape index (κ1) is 19.4. The van der Waals surface area contributed by atoms with Crippen molar-refractivity contribution in [2.24, 2.45) is 11.8 Å². The number of carbonyl (C=O) groups is 1. The number of hydrogen-bond donors (Lipinski definition) is 1. The lowest BCUT2D eigenvalue weighted by molar-refractivity contribution is -0.121. The van der Waals surface area contributed by atoms with Crippen molar-refractivity contribution in [2.75, 3.05) is 32.1 Å². The van der Waals surface area contributed by atoms with Crippen LogP contribution < -0.4 is 10.1 Å². The Morgan fingerprint density at radius 3 is 2.44 bits per heavy atom. The number of piperidine rings is 1. The topological polar surface area (TPSA) is 41.6 Å². The Bertz CT molecular complexity index is 764. The minimum Gasteiger partial charge on any atom is -0.497 e. The van der Waals surface area contributed by atoms with E-state index in [2.05, 4.69) is 30.1 Å². The highest BCUT2D eigenvalue weighted by Crippen LogP contribution is 2.27. The van der Waals surface area contributed by atoms with Gasteiger partial charge in [-0.25, -0.2) is 0 Å². The molecule has 27 heavy (non-hydrogen) atoms. The summed E-state index contributed by atoms with van der Waals surface area (Å²) < 4.78 is 5.31. The molecule has 1 heterocycles. The Labute approximate surface area is 162 Å². The molecule has 0 unspecified atom stereocenters. The maximum atomic E-state index is 12.7. The molecule has 0 aromatic heterocycles. The van der Waals surface area contributed by atoms with Crippen molar-refractivity contribution in [1.82, 2.24) is 4.90 Å². The molecule has 2 aromatic carbocycles.